The summed E-state index contributed by atoms with van der Waals surface area (Å²) in [6.07, 6.45) is 1.70. The molecule has 5 nitrogen and oxygen atoms in total. The maximum Gasteiger partial charge on any atom is 0.231 e. The number of ketones is 1. The van der Waals surface area contributed by atoms with Crippen molar-refractivity contribution in [2.75, 3.05) is 6.79 Å². The van der Waals surface area contributed by atoms with Crippen LogP contribution in [0.4, 0.5) is 0 Å². The Kier molecular flexibility index (Phi) is 6.10. The Bertz CT molecular complexity index is 1320. The van der Waals surface area contributed by atoms with E-state index < -0.39 is 0 Å². The molecule has 168 valence electrons. The maximum atomic E-state index is 13.0. The molecule has 3 aromatic rings. The lowest BCUT2D eigenvalue weighted by Gasteiger charge is -2.20. The number of hydrogen-bond acceptors (Lipinski definition) is 5. The molecule has 3 aromatic carbocycles. The summed E-state index contributed by atoms with van der Waals surface area (Å²) in [7, 11) is 0. The lowest BCUT2D eigenvalue weighted by Crippen LogP contribution is -2.12. The van der Waals surface area contributed by atoms with Crippen LogP contribution < -0.4 is 14.2 Å². The Hall–Kier alpha value is -2.51. The standard InChI is InChI=1S/C25H17BrCl2O5/c1-13-21(31-10-14-2-4-19(27)20(28)6-14)5-3-18-23(29)22(33-24(13)18)9-15-7-17(26)8-16-11-30-12-32-25(15)16/h2-9H,10-12H2,1H3/b22-9-. The molecule has 0 N–H and O–H groups in total. The van der Waals surface area contributed by atoms with E-state index in [0.717, 1.165) is 26.7 Å². The topological polar surface area (TPSA) is 54.0 Å². The molecule has 0 bridgehead atoms. The highest BCUT2D eigenvalue weighted by Crippen LogP contribution is 2.41. The van der Waals surface area contributed by atoms with Crippen molar-refractivity contribution in [3.63, 3.8) is 0 Å². The molecule has 0 spiro atoms. The molecular weight excluding hydrogens is 531 g/mol. The van der Waals surface area contributed by atoms with Crippen LogP contribution >= 0.6 is 39.1 Å². The first kappa shape index (κ1) is 22.3. The number of carbonyl (C=O) groups is 1. The number of hydrogen-bond donors (Lipinski definition) is 0. The molecule has 0 aliphatic carbocycles. The summed E-state index contributed by atoms with van der Waals surface area (Å²) in [6.45, 7) is 2.77. The molecule has 0 fully saturated rings. The second-order valence-corrected chi connectivity index (χ2v) is 9.37. The van der Waals surface area contributed by atoms with Crippen LogP contribution in [0.15, 0.2) is 52.7 Å². The molecule has 0 radical (unpaired) electrons. The fourth-order valence-electron chi connectivity index (χ4n) is 3.77. The minimum absolute atomic E-state index is 0.165. The van der Waals surface area contributed by atoms with Gasteiger partial charge in [0.15, 0.2) is 12.6 Å². The van der Waals surface area contributed by atoms with E-state index in [1.54, 1.807) is 30.3 Å². The number of halogens is 3. The minimum atomic E-state index is -0.190. The molecule has 0 saturated carbocycles. The molecule has 0 atom stereocenters. The predicted molar refractivity (Wildman–Crippen MR) is 129 cm³/mol. The third-order valence-electron chi connectivity index (χ3n) is 5.41. The Labute approximate surface area is 208 Å². The van der Waals surface area contributed by atoms with E-state index in [1.165, 1.54) is 0 Å². The number of Topliss-reactive ketones (excluding diaryl/α,β-unsaturated/α-hetero) is 1. The summed E-state index contributed by atoms with van der Waals surface area (Å²) in [6, 6.07) is 12.7. The zero-order valence-electron chi connectivity index (χ0n) is 17.4. The van der Waals surface area contributed by atoms with Crippen molar-refractivity contribution in [1.29, 1.82) is 0 Å². The van der Waals surface area contributed by atoms with Gasteiger partial charge < -0.3 is 18.9 Å². The number of benzene rings is 3. The molecule has 8 heteroatoms. The molecule has 2 aliphatic heterocycles. The molecule has 33 heavy (non-hydrogen) atoms. The zero-order chi connectivity index (χ0) is 23.1. The summed E-state index contributed by atoms with van der Waals surface area (Å²) in [4.78, 5) is 13.0. The average Bonchev–Trinajstić information content (AvgIpc) is 3.11. The van der Waals surface area contributed by atoms with E-state index in [0.29, 0.717) is 46.1 Å². The van der Waals surface area contributed by atoms with Crippen molar-refractivity contribution < 1.29 is 23.7 Å². The van der Waals surface area contributed by atoms with Gasteiger partial charge in [-0.1, -0.05) is 45.2 Å². The van der Waals surface area contributed by atoms with Gasteiger partial charge in [0.05, 0.1) is 22.2 Å². The van der Waals surface area contributed by atoms with E-state index >= 15 is 0 Å². The van der Waals surface area contributed by atoms with Crippen molar-refractivity contribution in [1.82, 2.24) is 0 Å². The van der Waals surface area contributed by atoms with Gasteiger partial charge in [-0.25, -0.2) is 0 Å². The Balaban J connectivity index is 1.41. The largest absolute Gasteiger partial charge is 0.488 e. The number of fused-ring (bicyclic) bond motifs is 2. The normalized spacial score (nSPS) is 15.6. The zero-order valence-corrected chi connectivity index (χ0v) is 20.5. The van der Waals surface area contributed by atoms with Crippen LogP contribution in [0.5, 0.6) is 17.2 Å². The molecule has 0 unspecified atom stereocenters. The van der Waals surface area contributed by atoms with E-state index in [-0.39, 0.29) is 18.3 Å². The summed E-state index contributed by atoms with van der Waals surface area (Å²) in [5, 5.41) is 0.961. The van der Waals surface area contributed by atoms with Gasteiger partial charge in [0, 0.05) is 21.2 Å². The molecule has 5 rings (SSSR count). The van der Waals surface area contributed by atoms with Gasteiger partial charge in [0.1, 0.15) is 23.9 Å². The van der Waals surface area contributed by atoms with Crippen LogP contribution in [-0.2, 0) is 18.0 Å². The van der Waals surface area contributed by atoms with E-state index in [4.69, 9.17) is 42.1 Å². The fourth-order valence-corrected chi connectivity index (χ4v) is 4.62. The number of ether oxygens (including phenoxy) is 4. The minimum Gasteiger partial charge on any atom is -0.488 e. The highest BCUT2D eigenvalue weighted by Gasteiger charge is 2.31. The smallest absolute Gasteiger partial charge is 0.231 e. The van der Waals surface area contributed by atoms with Gasteiger partial charge in [-0.15, -0.1) is 0 Å². The summed E-state index contributed by atoms with van der Waals surface area (Å²) in [5.41, 5.74) is 3.76. The summed E-state index contributed by atoms with van der Waals surface area (Å²) in [5.74, 6) is 1.84. The van der Waals surface area contributed by atoms with Crippen molar-refractivity contribution in [3.8, 4) is 17.2 Å². The highest BCUT2D eigenvalue weighted by atomic mass is 79.9. The van der Waals surface area contributed by atoms with E-state index in [1.807, 2.05) is 25.1 Å². The SMILES string of the molecule is Cc1c(OCc2ccc(Cl)c(Cl)c2)ccc2c1O/C(=C\c1cc(Br)cc3c1OCOC3)C2=O. The lowest BCUT2D eigenvalue weighted by molar-refractivity contribution is -0.0165. The van der Waals surface area contributed by atoms with Gasteiger partial charge in [0.2, 0.25) is 5.78 Å². The van der Waals surface area contributed by atoms with E-state index in [9.17, 15) is 4.79 Å². The van der Waals surface area contributed by atoms with Gasteiger partial charge in [-0.05, 0) is 55.0 Å². The third kappa shape index (κ3) is 4.36. The quantitative estimate of drug-likeness (QED) is 0.325. The maximum absolute atomic E-state index is 13.0. The van der Waals surface area contributed by atoms with Crippen LogP contribution in [0, 0.1) is 6.92 Å². The Morgan fingerprint density at radius 2 is 1.94 bits per heavy atom. The monoisotopic (exact) mass is 546 g/mol. The van der Waals surface area contributed by atoms with Gasteiger partial charge in [-0.3, -0.25) is 4.79 Å². The van der Waals surface area contributed by atoms with Crippen molar-refractivity contribution in [2.45, 2.75) is 20.1 Å². The van der Waals surface area contributed by atoms with Crippen molar-refractivity contribution in [3.05, 3.63) is 90.6 Å². The first-order valence-corrected chi connectivity index (χ1v) is 11.6. The van der Waals surface area contributed by atoms with Crippen LogP contribution in [0.1, 0.15) is 32.6 Å². The van der Waals surface area contributed by atoms with Crippen LogP contribution in [-0.4, -0.2) is 12.6 Å². The fraction of sp³-hybridized carbons (Fsp3) is 0.160. The number of allylic oxidation sites excluding steroid dienone is 1. The molecular formula is C25H17BrCl2O5. The average molecular weight is 548 g/mol. The molecule has 2 aliphatic rings. The van der Waals surface area contributed by atoms with Crippen LogP contribution in [0.2, 0.25) is 10.0 Å². The molecule has 0 aromatic heterocycles. The second-order valence-electron chi connectivity index (χ2n) is 7.64. The summed E-state index contributed by atoms with van der Waals surface area (Å²) >= 11 is 15.6. The van der Waals surface area contributed by atoms with Gasteiger partial charge >= 0.3 is 0 Å². The van der Waals surface area contributed by atoms with Crippen molar-refractivity contribution >= 4 is 51.0 Å². The molecule has 0 amide bonds. The first-order valence-electron chi connectivity index (χ1n) is 10.1. The molecule has 2 heterocycles. The molecule has 0 saturated heterocycles. The highest BCUT2D eigenvalue weighted by molar-refractivity contribution is 9.10. The number of rotatable bonds is 4. The number of carbonyl (C=O) groups excluding carboxylic acids is 1. The first-order chi connectivity index (χ1) is 15.9. The third-order valence-corrected chi connectivity index (χ3v) is 6.60. The predicted octanol–water partition coefficient (Wildman–Crippen LogP) is 7.13. The Morgan fingerprint density at radius 3 is 2.76 bits per heavy atom. The Morgan fingerprint density at radius 1 is 1.09 bits per heavy atom. The van der Waals surface area contributed by atoms with Crippen LogP contribution in [0.25, 0.3) is 6.08 Å². The second kappa shape index (κ2) is 9.03. The van der Waals surface area contributed by atoms with Crippen molar-refractivity contribution in [2.24, 2.45) is 0 Å². The summed E-state index contributed by atoms with van der Waals surface area (Å²) < 4.78 is 23.9. The lowest BCUT2D eigenvalue weighted by atomic mass is 10.0. The van der Waals surface area contributed by atoms with Gasteiger partial charge in [-0.2, -0.15) is 0 Å². The van der Waals surface area contributed by atoms with E-state index in [2.05, 4.69) is 15.9 Å². The van der Waals surface area contributed by atoms with Gasteiger partial charge in [0.25, 0.3) is 0 Å². The van der Waals surface area contributed by atoms with Crippen LogP contribution in [0.3, 0.4) is 0 Å².